The predicted octanol–water partition coefficient (Wildman–Crippen LogP) is 4.41. The maximum absolute atomic E-state index is 6.02. The van der Waals surface area contributed by atoms with Crippen LogP contribution < -0.4 is 0 Å². The van der Waals surface area contributed by atoms with E-state index in [9.17, 15) is 0 Å². The van der Waals surface area contributed by atoms with Crippen molar-refractivity contribution in [2.75, 3.05) is 6.61 Å². The summed E-state index contributed by atoms with van der Waals surface area (Å²) in [5.41, 5.74) is 2.65. The Kier molecular flexibility index (Phi) is 3.84. The molecule has 2 heteroatoms. The van der Waals surface area contributed by atoms with E-state index in [0.29, 0.717) is 12.2 Å². The lowest BCUT2D eigenvalue weighted by Crippen LogP contribution is -2.36. The largest absolute Gasteiger partial charge is 0.500 e. The highest BCUT2D eigenvalue weighted by molar-refractivity contribution is 5.62. The molecule has 2 bridgehead atoms. The average Bonchev–Trinajstić information content (AvgIpc) is 3.09. The Hall–Kier alpha value is -1.28. The number of allylic oxidation sites excluding steroid dienone is 1. The number of fused-ring (bicyclic) bond motifs is 2. The second kappa shape index (κ2) is 5.61. The number of ether oxygens (including phenoxy) is 2. The summed E-state index contributed by atoms with van der Waals surface area (Å²) in [7, 11) is 0. The molecular formula is C18H24O2. The molecule has 0 aliphatic carbocycles. The smallest absolute Gasteiger partial charge is 0.0955 e. The fraction of sp³-hybridized carbons (Fsp3) is 0.556. The molecule has 3 rings (SSSR count). The van der Waals surface area contributed by atoms with E-state index in [2.05, 4.69) is 38.1 Å². The molecule has 2 fully saturated rings. The summed E-state index contributed by atoms with van der Waals surface area (Å²) in [5, 5.41) is 0. The quantitative estimate of drug-likeness (QED) is 0.739. The fourth-order valence-corrected chi connectivity index (χ4v) is 3.62. The minimum absolute atomic E-state index is 0.246. The SMILES string of the molecule is CCC1(CO/C=C(/C)c2ccccc2)CC2CCC1O2. The van der Waals surface area contributed by atoms with Gasteiger partial charge >= 0.3 is 0 Å². The van der Waals surface area contributed by atoms with Crippen LogP contribution in [0.5, 0.6) is 0 Å². The van der Waals surface area contributed by atoms with Crippen LogP contribution in [-0.2, 0) is 9.47 Å². The molecule has 0 radical (unpaired) electrons. The highest BCUT2D eigenvalue weighted by Gasteiger charge is 2.51. The van der Waals surface area contributed by atoms with E-state index < -0.39 is 0 Å². The van der Waals surface area contributed by atoms with Crippen molar-refractivity contribution in [3.63, 3.8) is 0 Å². The molecule has 20 heavy (non-hydrogen) atoms. The Bertz CT molecular complexity index is 479. The molecule has 1 aromatic carbocycles. The van der Waals surface area contributed by atoms with Gasteiger partial charge in [0.05, 0.1) is 25.1 Å². The Labute approximate surface area is 121 Å². The van der Waals surface area contributed by atoms with Gasteiger partial charge < -0.3 is 9.47 Å². The Balaban J connectivity index is 1.62. The van der Waals surface area contributed by atoms with Gasteiger partial charge in [-0.2, -0.15) is 0 Å². The van der Waals surface area contributed by atoms with Gasteiger partial charge in [-0.25, -0.2) is 0 Å². The van der Waals surface area contributed by atoms with Gasteiger partial charge in [0, 0.05) is 5.41 Å². The van der Waals surface area contributed by atoms with Gasteiger partial charge in [-0.3, -0.25) is 0 Å². The van der Waals surface area contributed by atoms with E-state index in [1.165, 1.54) is 30.4 Å². The number of rotatable bonds is 5. The minimum Gasteiger partial charge on any atom is -0.500 e. The number of benzene rings is 1. The Morgan fingerprint density at radius 1 is 1.35 bits per heavy atom. The summed E-state index contributed by atoms with van der Waals surface area (Å²) in [4.78, 5) is 0. The third-order valence-corrected chi connectivity index (χ3v) is 4.99. The van der Waals surface area contributed by atoms with Crippen LogP contribution in [0.3, 0.4) is 0 Å². The van der Waals surface area contributed by atoms with Crippen LogP contribution >= 0.6 is 0 Å². The van der Waals surface area contributed by atoms with Gasteiger partial charge in [-0.05, 0) is 43.7 Å². The van der Waals surface area contributed by atoms with E-state index in [1.807, 2.05) is 12.3 Å². The molecule has 3 atom stereocenters. The summed E-state index contributed by atoms with van der Waals surface area (Å²) < 4.78 is 12.0. The Morgan fingerprint density at radius 3 is 2.75 bits per heavy atom. The first-order chi connectivity index (χ1) is 9.73. The third kappa shape index (κ3) is 2.49. The molecule has 0 saturated carbocycles. The van der Waals surface area contributed by atoms with Gasteiger partial charge in [-0.15, -0.1) is 0 Å². The van der Waals surface area contributed by atoms with Gasteiger partial charge in [0.25, 0.3) is 0 Å². The summed E-state index contributed by atoms with van der Waals surface area (Å²) in [6.45, 7) is 5.15. The number of hydrogen-bond donors (Lipinski definition) is 0. The summed E-state index contributed by atoms with van der Waals surface area (Å²) in [5.74, 6) is 0. The van der Waals surface area contributed by atoms with Crippen LogP contribution in [0.4, 0.5) is 0 Å². The molecule has 108 valence electrons. The van der Waals surface area contributed by atoms with E-state index in [4.69, 9.17) is 9.47 Å². The molecule has 2 saturated heterocycles. The van der Waals surface area contributed by atoms with Gasteiger partial charge in [-0.1, -0.05) is 37.3 Å². The molecule has 0 N–H and O–H groups in total. The van der Waals surface area contributed by atoms with Crippen molar-refractivity contribution in [3.05, 3.63) is 42.2 Å². The van der Waals surface area contributed by atoms with E-state index in [-0.39, 0.29) is 5.41 Å². The molecule has 2 aliphatic heterocycles. The number of hydrogen-bond acceptors (Lipinski definition) is 2. The van der Waals surface area contributed by atoms with Crippen LogP contribution in [-0.4, -0.2) is 18.8 Å². The fourth-order valence-electron chi connectivity index (χ4n) is 3.62. The summed E-state index contributed by atoms with van der Waals surface area (Å²) in [6.07, 6.45) is 7.59. The summed E-state index contributed by atoms with van der Waals surface area (Å²) >= 11 is 0. The normalized spacial score (nSPS) is 32.6. The molecule has 0 aromatic heterocycles. The maximum Gasteiger partial charge on any atom is 0.0955 e. The van der Waals surface area contributed by atoms with Crippen LogP contribution in [0.1, 0.15) is 45.1 Å². The maximum atomic E-state index is 6.02. The first kappa shape index (κ1) is 13.7. The molecule has 3 unspecified atom stereocenters. The molecule has 2 heterocycles. The van der Waals surface area contributed by atoms with Gasteiger partial charge in [0.15, 0.2) is 0 Å². The average molecular weight is 272 g/mol. The monoisotopic (exact) mass is 272 g/mol. The highest BCUT2D eigenvalue weighted by Crippen LogP contribution is 2.49. The van der Waals surface area contributed by atoms with Crippen LogP contribution in [0.15, 0.2) is 36.6 Å². The van der Waals surface area contributed by atoms with Crippen molar-refractivity contribution < 1.29 is 9.47 Å². The lowest BCUT2D eigenvalue weighted by molar-refractivity contribution is 0.0190. The lowest BCUT2D eigenvalue weighted by atomic mass is 9.73. The lowest BCUT2D eigenvalue weighted by Gasteiger charge is -2.33. The van der Waals surface area contributed by atoms with E-state index in [1.54, 1.807) is 0 Å². The first-order valence-electron chi connectivity index (χ1n) is 7.73. The molecule has 2 aliphatic rings. The van der Waals surface area contributed by atoms with Crippen molar-refractivity contribution >= 4 is 5.57 Å². The van der Waals surface area contributed by atoms with E-state index >= 15 is 0 Å². The molecule has 0 spiro atoms. The van der Waals surface area contributed by atoms with Crippen molar-refractivity contribution in [2.24, 2.45) is 5.41 Å². The van der Waals surface area contributed by atoms with Crippen molar-refractivity contribution in [1.82, 2.24) is 0 Å². The standard InChI is InChI=1S/C18H24O2/c1-3-18(11-16-9-10-17(18)20-16)13-19-12-14(2)15-7-5-4-6-8-15/h4-8,12,16-17H,3,9-11,13H2,1-2H3/b14-12-. The van der Waals surface area contributed by atoms with Crippen LogP contribution in [0.2, 0.25) is 0 Å². The second-order valence-corrected chi connectivity index (χ2v) is 6.22. The summed E-state index contributed by atoms with van der Waals surface area (Å²) in [6, 6.07) is 10.4. The van der Waals surface area contributed by atoms with Gasteiger partial charge in [0.2, 0.25) is 0 Å². The van der Waals surface area contributed by atoms with Crippen molar-refractivity contribution in [1.29, 1.82) is 0 Å². The van der Waals surface area contributed by atoms with Crippen LogP contribution in [0, 0.1) is 5.41 Å². The first-order valence-corrected chi connectivity index (χ1v) is 7.73. The Morgan fingerprint density at radius 2 is 2.15 bits per heavy atom. The third-order valence-electron chi connectivity index (χ3n) is 4.99. The molecule has 1 aromatic rings. The highest BCUT2D eigenvalue weighted by atomic mass is 16.5. The topological polar surface area (TPSA) is 18.5 Å². The molecule has 2 nitrogen and oxygen atoms in total. The zero-order valence-electron chi connectivity index (χ0n) is 12.5. The van der Waals surface area contributed by atoms with Crippen molar-refractivity contribution in [3.8, 4) is 0 Å². The van der Waals surface area contributed by atoms with E-state index in [0.717, 1.165) is 13.0 Å². The molecule has 0 amide bonds. The van der Waals surface area contributed by atoms with Gasteiger partial charge in [0.1, 0.15) is 0 Å². The van der Waals surface area contributed by atoms with Crippen LogP contribution in [0.25, 0.3) is 5.57 Å². The zero-order chi connectivity index (χ0) is 14.0. The zero-order valence-corrected chi connectivity index (χ0v) is 12.5. The predicted molar refractivity (Wildman–Crippen MR) is 81.3 cm³/mol. The second-order valence-electron chi connectivity index (χ2n) is 6.22. The van der Waals surface area contributed by atoms with Crippen molar-refractivity contribution in [2.45, 2.75) is 51.7 Å². The minimum atomic E-state index is 0.246. The molecular weight excluding hydrogens is 248 g/mol.